The molecule has 2 rings (SSSR count). The van der Waals surface area contributed by atoms with Gasteiger partial charge in [-0.25, -0.2) is 18.1 Å². The number of sulfonamides is 1. The fraction of sp³-hybridized carbons (Fsp3) is 0.409. The molecule has 0 aliphatic rings. The molecule has 0 spiro atoms. The van der Waals surface area contributed by atoms with E-state index in [1.807, 2.05) is 19.1 Å². The van der Waals surface area contributed by atoms with Crippen molar-refractivity contribution >= 4 is 21.7 Å². The smallest absolute Gasteiger partial charge is 0.240 e. The molecule has 0 unspecified atom stereocenters. The molecule has 0 aliphatic heterocycles. The number of rotatable bonds is 11. The number of anilines is 1. The summed E-state index contributed by atoms with van der Waals surface area (Å²) in [4.78, 5) is 7.19. The third kappa shape index (κ3) is 7.35. The molecule has 8 heteroatoms. The Morgan fingerprint density at radius 1 is 1.03 bits per heavy atom. The molecule has 0 bridgehead atoms. The Kier molecular flexibility index (Phi) is 9.63. The lowest BCUT2D eigenvalue weighted by Crippen LogP contribution is -2.38. The van der Waals surface area contributed by atoms with Crippen LogP contribution >= 0.6 is 0 Å². The van der Waals surface area contributed by atoms with Crippen LogP contribution in [0.1, 0.15) is 25.8 Å². The van der Waals surface area contributed by atoms with E-state index in [2.05, 4.69) is 56.4 Å². The fourth-order valence-corrected chi connectivity index (χ4v) is 3.83. The number of para-hydroxylation sites is 1. The molecule has 2 aromatic carbocycles. The fourth-order valence-electron chi connectivity index (χ4n) is 3.03. The van der Waals surface area contributed by atoms with E-state index in [0.717, 1.165) is 44.1 Å². The second kappa shape index (κ2) is 12.2. The van der Waals surface area contributed by atoms with Gasteiger partial charge in [0.2, 0.25) is 10.0 Å². The summed E-state index contributed by atoms with van der Waals surface area (Å²) in [5.74, 6) is 0.724. The van der Waals surface area contributed by atoms with Crippen molar-refractivity contribution in [1.82, 2.24) is 15.4 Å². The van der Waals surface area contributed by atoms with Gasteiger partial charge in [-0.2, -0.15) is 0 Å². The molecule has 164 valence electrons. The summed E-state index contributed by atoms with van der Waals surface area (Å²) in [5, 5.41) is 6.60. The third-order valence-electron chi connectivity index (χ3n) is 4.64. The molecule has 0 fully saturated rings. The zero-order valence-electron chi connectivity index (χ0n) is 18.1. The number of hydrogen-bond acceptors (Lipinski definition) is 4. The molecular weight excluding hydrogens is 398 g/mol. The summed E-state index contributed by atoms with van der Waals surface area (Å²) in [6.07, 6.45) is 0.975. The molecule has 2 aromatic rings. The first kappa shape index (κ1) is 23.7. The SMILES string of the molecule is CCNC(=NCc1cccc(S(=O)(=O)NC)c1)NCCCN(CC)c1ccccc1. The predicted molar refractivity (Wildman–Crippen MR) is 124 cm³/mol. The first-order valence-electron chi connectivity index (χ1n) is 10.3. The van der Waals surface area contributed by atoms with E-state index in [9.17, 15) is 8.42 Å². The van der Waals surface area contributed by atoms with Crippen molar-refractivity contribution in [3.8, 4) is 0 Å². The number of hydrogen-bond donors (Lipinski definition) is 3. The molecule has 0 aromatic heterocycles. The average Bonchev–Trinajstić information content (AvgIpc) is 2.78. The number of nitrogens with zero attached hydrogens (tertiary/aromatic N) is 2. The van der Waals surface area contributed by atoms with Gasteiger partial charge in [0, 0.05) is 31.9 Å². The lowest BCUT2D eigenvalue weighted by molar-refractivity contribution is 0.588. The van der Waals surface area contributed by atoms with E-state index >= 15 is 0 Å². The Balaban J connectivity index is 1.91. The first-order valence-corrected chi connectivity index (χ1v) is 11.8. The number of guanidine groups is 1. The number of benzene rings is 2. The van der Waals surface area contributed by atoms with Crippen LogP contribution in [0.4, 0.5) is 5.69 Å². The van der Waals surface area contributed by atoms with E-state index < -0.39 is 10.0 Å². The van der Waals surface area contributed by atoms with Crippen molar-refractivity contribution in [1.29, 1.82) is 0 Å². The molecule has 0 amide bonds. The minimum Gasteiger partial charge on any atom is -0.372 e. The molecule has 7 nitrogen and oxygen atoms in total. The van der Waals surface area contributed by atoms with E-state index in [1.165, 1.54) is 12.7 Å². The maximum atomic E-state index is 12.0. The molecular formula is C22H33N5O2S. The second-order valence-electron chi connectivity index (χ2n) is 6.75. The van der Waals surface area contributed by atoms with Crippen LogP contribution in [0.3, 0.4) is 0 Å². The molecule has 0 saturated carbocycles. The van der Waals surface area contributed by atoms with Crippen molar-refractivity contribution in [2.75, 3.05) is 38.1 Å². The van der Waals surface area contributed by atoms with Crippen LogP contribution < -0.4 is 20.3 Å². The lowest BCUT2D eigenvalue weighted by Gasteiger charge is -2.23. The van der Waals surface area contributed by atoms with Gasteiger partial charge in [0.05, 0.1) is 11.4 Å². The molecule has 3 N–H and O–H groups in total. The van der Waals surface area contributed by atoms with Crippen LogP contribution in [0.15, 0.2) is 64.5 Å². The maximum Gasteiger partial charge on any atom is 0.240 e. The Morgan fingerprint density at radius 3 is 2.47 bits per heavy atom. The highest BCUT2D eigenvalue weighted by atomic mass is 32.2. The Bertz CT molecular complexity index is 901. The molecule has 0 atom stereocenters. The topological polar surface area (TPSA) is 85.8 Å². The average molecular weight is 432 g/mol. The largest absolute Gasteiger partial charge is 0.372 e. The summed E-state index contributed by atoms with van der Waals surface area (Å²) in [7, 11) is -2.05. The Morgan fingerprint density at radius 2 is 1.80 bits per heavy atom. The summed E-state index contributed by atoms with van der Waals surface area (Å²) in [5.41, 5.74) is 2.07. The van der Waals surface area contributed by atoms with E-state index in [1.54, 1.807) is 18.2 Å². The van der Waals surface area contributed by atoms with E-state index in [4.69, 9.17) is 0 Å². The molecule has 0 saturated heterocycles. The van der Waals surface area contributed by atoms with Gasteiger partial charge in [-0.1, -0.05) is 30.3 Å². The van der Waals surface area contributed by atoms with Crippen molar-refractivity contribution in [3.63, 3.8) is 0 Å². The normalized spacial score (nSPS) is 11.9. The lowest BCUT2D eigenvalue weighted by atomic mass is 10.2. The van der Waals surface area contributed by atoms with Gasteiger partial charge in [0.1, 0.15) is 0 Å². The first-order chi connectivity index (χ1) is 14.5. The molecule has 30 heavy (non-hydrogen) atoms. The highest BCUT2D eigenvalue weighted by Gasteiger charge is 2.11. The van der Waals surface area contributed by atoms with Gasteiger partial charge in [0.25, 0.3) is 0 Å². The Labute approximate surface area is 180 Å². The van der Waals surface area contributed by atoms with Crippen LogP contribution in [0.5, 0.6) is 0 Å². The zero-order chi connectivity index (χ0) is 21.8. The van der Waals surface area contributed by atoms with E-state index in [-0.39, 0.29) is 4.90 Å². The third-order valence-corrected chi connectivity index (χ3v) is 6.05. The van der Waals surface area contributed by atoms with Gasteiger partial charge in [0.15, 0.2) is 5.96 Å². The highest BCUT2D eigenvalue weighted by Crippen LogP contribution is 2.13. The van der Waals surface area contributed by atoms with Crippen LogP contribution in [0.25, 0.3) is 0 Å². The van der Waals surface area contributed by atoms with Crippen LogP contribution in [-0.4, -0.2) is 47.6 Å². The van der Waals surface area contributed by atoms with Crippen LogP contribution in [0.2, 0.25) is 0 Å². The highest BCUT2D eigenvalue weighted by molar-refractivity contribution is 7.89. The standard InChI is InChI=1S/C22H33N5O2S/c1-4-24-22(25-15-10-16-27(5-2)20-12-7-6-8-13-20)26-18-19-11-9-14-21(17-19)30(28,29)23-3/h6-9,11-14,17,23H,4-5,10,15-16,18H2,1-3H3,(H2,24,25,26). The van der Waals surface area contributed by atoms with Crippen molar-refractivity contribution < 1.29 is 8.42 Å². The minimum absolute atomic E-state index is 0.247. The second-order valence-corrected chi connectivity index (χ2v) is 8.63. The number of aliphatic imine (C=N–C) groups is 1. The van der Waals surface area contributed by atoms with Gasteiger partial charge in [-0.3, -0.25) is 0 Å². The number of nitrogens with one attached hydrogen (secondary N) is 3. The quantitative estimate of drug-likeness (QED) is 0.289. The molecule has 0 radical (unpaired) electrons. The molecule has 0 aliphatic carbocycles. The van der Waals surface area contributed by atoms with Crippen molar-refractivity contribution in [3.05, 3.63) is 60.2 Å². The minimum atomic E-state index is -3.46. The van der Waals surface area contributed by atoms with E-state index in [0.29, 0.717) is 6.54 Å². The Hall–Kier alpha value is -2.58. The van der Waals surface area contributed by atoms with Gasteiger partial charge < -0.3 is 15.5 Å². The van der Waals surface area contributed by atoms with Gasteiger partial charge in [-0.05, 0) is 57.1 Å². The zero-order valence-corrected chi connectivity index (χ0v) is 18.9. The van der Waals surface area contributed by atoms with Crippen LogP contribution in [0, 0.1) is 0 Å². The summed E-state index contributed by atoms with van der Waals surface area (Å²) in [6, 6.07) is 17.2. The van der Waals surface area contributed by atoms with Crippen molar-refractivity contribution in [2.45, 2.75) is 31.7 Å². The van der Waals surface area contributed by atoms with Gasteiger partial charge in [-0.15, -0.1) is 0 Å². The van der Waals surface area contributed by atoms with Crippen LogP contribution in [-0.2, 0) is 16.6 Å². The monoisotopic (exact) mass is 431 g/mol. The molecule has 0 heterocycles. The summed E-state index contributed by atoms with van der Waals surface area (Å²) >= 11 is 0. The van der Waals surface area contributed by atoms with Gasteiger partial charge >= 0.3 is 0 Å². The maximum absolute atomic E-state index is 12.0. The summed E-state index contributed by atoms with van der Waals surface area (Å²) < 4.78 is 26.3. The summed E-state index contributed by atoms with van der Waals surface area (Å²) in [6.45, 7) is 8.04. The predicted octanol–water partition coefficient (Wildman–Crippen LogP) is 2.57. The van der Waals surface area contributed by atoms with Crippen molar-refractivity contribution in [2.24, 2.45) is 4.99 Å².